The Kier molecular flexibility index (Phi) is 6.78. The number of hydrogen-bond donors (Lipinski definition) is 0. The van der Waals surface area contributed by atoms with Crippen molar-refractivity contribution < 1.29 is 30.8 Å². The van der Waals surface area contributed by atoms with Crippen molar-refractivity contribution in [3.05, 3.63) is 90.3 Å². The second-order valence-electron chi connectivity index (χ2n) is 10.3. The van der Waals surface area contributed by atoms with Gasteiger partial charge in [-0.25, -0.2) is 23.4 Å². The van der Waals surface area contributed by atoms with Crippen LogP contribution in [0.15, 0.2) is 88.3 Å². The van der Waals surface area contributed by atoms with E-state index >= 15 is 0 Å². The Hall–Kier alpha value is -4.95. The monoisotopic (exact) mass is 647 g/mol. The molecule has 0 aliphatic carbocycles. The molecule has 0 bridgehead atoms. The first-order chi connectivity index (χ1) is 21.4. The van der Waals surface area contributed by atoms with Crippen molar-refractivity contribution in [2.75, 3.05) is 6.26 Å². The molecule has 0 fully saturated rings. The fourth-order valence-electron chi connectivity index (χ4n) is 4.94. The predicted molar refractivity (Wildman–Crippen MR) is 163 cm³/mol. The number of halogens is 3. The number of fused-ring (bicyclic) bond motifs is 3. The maximum atomic E-state index is 13.2. The highest BCUT2D eigenvalue weighted by Crippen LogP contribution is 2.38. The fourth-order valence-corrected chi connectivity index (χ4v) is 6.44. The topological polar surface area (TPSA) is 121 Å². The van der Waals surface area contributed by atoms with Crippen LogP contribution in [0.1, 0.15) is 24.4 Å². The van der Waals surface area contributed by atoms with Crippen molar-refractivity contribution in [1.29, 1.82) is 0 Å². The van der Waals surface area contributed by atoms with Gasteiger partial charge in [0.25, 0.3) is 16.9 Å². The summed E-state index contributed by atoms with van der Waals surface area (Å²) < 4.78 is 74.5. The molecule has 14 heteroatoms. The summed E-state index contributed by atoms with van der Waals surface area (Å²) in [6, 6.07) is 22.6. The van der Waals surface area contributed by atoms with Gasteiger partial charge in [-0.3, -0.25) is 0 Å². The minimum atomic E-state index is -4.75. The van der Waals surface area contributed by atoms with E-state index in [0.717, 1.165) is 17.2 Å². The summed E-state index contributed by atoms with van der Waals surface area (Å²) in [6.45, 7) is 1.83. The third-order valence-corrected chi connectivity index (χ3v) is 9.14. The van der Waals surface area contributed by atoms with E-state index in [1.165, 1.54) is 11.3 Å². The molecular formula is C31H20F3N5O4S2. The number of rotatable bonds is 6. The molecule has 1 unspecified atom stereocenters. The van der Waals surface area contributed by atoms with Crippen LogP contribution in [0.2, 0.25) is 0 Å². The number of ether oxygens (including phenoxy) is 1. The number of para-hydroxylation sites is 1. The average Bonchev–Trinajstić information content (AvgIpc) is 3.66. The lowest BCUT2D eigenvalue weighted by Crippen LogP contribution is -2.07. The van der Waals surface area contributed by atoms with E-state index in [9.17, 15) is 21.6 Å². The number of benzene rings is 3. The van der Waals surface area contributed by atoms with Crippen LogP contribution in [0.5, 0.6) is 5.19 Å². The maximum Gasteiger partial charge on any atom is 0.455 e. The zero-order chi connectivity index (χ0) is 31.5. The summed E-state index contributed by atoms with van der Waals surface area (Å²) in [6.07, 6.45) is -4.16. The second kappa shape index (κ2) is 10.6. The van der Waals surface area contributed by atoms with E-state index in [-0.39, 0.29) is 10.8 Å². The molecule has 3 aromatic carbocycles. The lowest BCUT2D eigenvalue weighted by Gasteiger charge is -2.16. The Bertz CT molecular complexity index is 2350. The molecule has 7 rings (SSSR count). The fraction of sp³-hybridized carbons (Fsp3) is 0.129. The Morgan fingerprint density at radius 1 is 0.889 bits per heavy atom. The van der Waals surface area contributed by atoms with Crippen LogP contribution in [0.3, 0.4) is 0 Å². The Labute approximate surface area is 257 Å². The summed E-state index contributed by atoms with van der Waals surface area (Å²) >= 11 is 1.25. The van der Waals surface area contributed by atoms with Crippen molar-refractivity contribution in [2.24, 2.45) is 0 Å². The molecule has 4 aromatic heterocycles. The second-order valence-corrected chi connectivity index (χ2v) is 13.2. The van der Waals surface area contributed by atoms with Crippen LogP contribution >= 0.6 is 11.3 Å². The van der Waals surface area contributed by atoms with Gasteiger partial charge in [0, 0.05) is 33.7 Å². The minimum Gasteiger partial charge on any atom is -0.462 e. The molecule has 0 N–H and O–H groups in total. The first-order valence-electron chi connectivity index (χ1n) is 13.4. The smallest absolute Gasteiger partial charge is 0.455 e. The van der Waals surface area contributed by atoms with Gasteiger partial charge in [0.15, 0.2) is 9.84 Å². The molecule has 4 heterocycles. The minimum absolute atomic E-state index is 0.223. The highest BCUT2D eigenvalue weighted by atomic mass is 32.2. The normalized spacial score (nSPS) is 13.1. The SMILES string of the molecule is CC(Oc1nc2ccc(-c3ccc(S(C)(=O)=O)cc3)nc2s1)c1ccc(-c2nc(C(F)(F)F)no2)c2cc3ccccc3nc12. The summed E-state index contributed by atoms with van der Waals surface area (Å²) in [5, 5.41) is 4.78. The van der Waals surface area contributed by atoms with Gasteiger partial charge in [-0.2, -0.15) is 18.2 Å². The van der Waals surface area contributed by atoms with E-state index in [0.29, 0.717) is 48.8 Å². The molecule has 0 saturated carbocycles. The van der Waals surface area contributed by atoms with Crippen LogP contribution < -0.4 is 4.74 Å². The molecule has 0 amide bonds. The Morgan fingerprint density at radius 3 is 2.40 bits per heavy atom. The van der Waals surface area contributed by atoms with Crippen molar-refractivity contribution in [1.82, 2.24) is 25.1 Å². The Balaban J connectivity index is 1.24. The molecule has 7 aromatic rings. The average molecular weight is 648 g/mol. The molecule has 0 saturated heterocycles. The van der Waals surface area contributed by atoms with E-state index in [2.05, 4.69) is 15.1 Å². The van der Waals surface area contributed by atoms with E-state index in [1.54, 1.807) is 42.5 Å². The number of sulfone groups is 1. The summed E-state index contributed by atoms with van der Waals surface area (Å²) in [5.74, 6) is -1.64. The van der Waals surface area contributed by atoms with Gasteiger partial charge >= 0.3 is 6.18 Å². The molecule has 0 aliphatic rings. The molecule has 45 heavy (non-hydrogen) atoms. The predicted octanol–water partition coefficient (Wildman–Crippen LogP) is 7.67. The molecule has 0 radical (unpaired) electrons. The van der Waals surface area contributed by atoms with Crippen LogP contribution in [-0.4, -0.2) is 39.8 Å². The number of aromatic nitrogens is 5. The van der Waals surface area contributed by atoms with E-state index in [1.807, 2.05) is 43.3 Å². The van der Waals surface area contributed by atoms with Crippen LogP contribution in [0, 0.1) is 0 Å². The van der Waals surface area contributed by atoms with Crippen molar-refractivity contribution in [2.45, 2.75) is 24.1 Å². The lowest BCUT2D eigenvalue weighted by molar-refractivity contribution is -0.146. The highest BCUT2D eigenvalue weighted by molar-refractivity contribution is 7.90. The quantitative estimate of drug-likeness (QED) is 0.167. The van der Waals surface area contributed by atoms with Crippen LogP contribution in [0.25, 0.3) is 54.9 Å². The standard InChI is InChI=1S/C31H20F3N5O4S2/c1-16(42-30-37-25-14-13-24(36-28(25)44-30)17-7-9-19(10-8-17)45(2,40)41)20-11-12-21(27-38-29(39-43-27)31(32,33)34)22-15-18-5-3-4-6-23(18)35-26(20)22/h3-16H,1-2H3. The zero-order valence-corrected chi connectivity index (χ0v) is 25.0. The number of alkyl halides is 3. The number of hydrogen-bond acceptors (Lipinski definition) is 10. The molecule has 1 atom stereocenters. The summed E-state index contributed by atoms with van der Waals surface area (Å²) in [7, 11) is -3.31. The maximum absolute atomic E-state index is 13.2. The molecule has 0 spiro atoms. The van der Waals surface area contributed by atoms with Gasteiger partial charge in [0.05, 0.1) is 21.6 Å². The largest absolute Gasteiger partial charge is 0.462 e. The van der Waals surface area contributed by atoms with E-state index < -0.39 is 27.9 Å². The zero-order valence-electron chi connectivity index (χ0n) is 23.4. The number of pyridine rings is 2. The van der Waals surface area contributed by atoms with Gasteiger partial charge in [-0.1, -0.05) is 52.9 Å². The number of thiazole rings is 1. The lowest BCUT2D eigenvalue weighted by atomic mass is 9.99. The van der Waals surface area contributed by atoms with Gasteiger partial charge in [-0.05, 0) is 49.4 Å². The van der Waals surface area contributed by atoms with Gasteiger partial charge in [0.2, 0.25) is 0 Å². The van der Waals surface area contributed by atoms with Crippen molar-refractivity contribution in [3.63, 3.8) is 0 Å². The van der Waals surface area contributed by atoms with Crippen molar-refractivity contribution >= 4 is 53.3 Å². The van der Waals surface area contributed by atoms with Crippen LogP contribution in [0.4, 0.5) is 13.2 Å². The number of nitrogens with zero attached hydrogens (tertiary/aromatic N) is 5. The molecule has 9 nitrogen and oxygen atoms in total. The first kappa shape index (κ1) is 28.8. The summed E-state index contributed by atoms with van der Waals surface area (Å²) in [5.41, 5.74) is 4.21. The molecular weight excluding hydrogens is 627 g/mol. The summed E-state index contributed by atoms with van der Waals surface area (Å²) in [4.78, 5) is 18.5. The molecule has 226 valence electrons. The van der Waals surface area contributed by atoms with E-state index in [4.69, 9.17) is 19.2 Å². The van der Waals surface area contributed by atoms with Gasteiger partial charge in [-0.15, -0.1) is 0 Å². The highest BCUT2D eigenvalue weighted by Gasteiger charge is 2.37. The van der Waals surface area contributed by atoms with Crippen molar-refractivity contribution in [3.8, 4) is 27.9 Å². The first-order valence-corrected chi connectivity index (χ1v) is 16.1. The third kappa shape index (κ3) is 5.46. The van der Waals surface area contributed by atoms with Crippen LogP contribution in [-0.2, 0) is 16.0 Å². The third-order valence-electron chi connectivity index (χ3n) is 7.16. The van der Waals surface area contributed by atoms with Gasteiger partial charge < -0.3 is 9.26 Å². The van der Waals surface area contributed by atoms with Gasteiger partial charge in [0.1, 0.15) is 16.5 Å². The molecule has 0 aliphatic heterocycles. The Morgan fingerprint density at radius 2 is 1.67 bits per heavy atom.